The topological polar surface area (TPSA) is 63.2 Å². The third-order valence-corrected chi connectivity index (χ3v) is 7.08. The third-order valence-electron chi connectivity index (χ3n) is 4.18. The fourth-order valence-electron chi connectivity index (χ4n) is 2.69. The van der Waals surface area contributed by atoms with E-state index in [4.69, 9.17) is 0 Å². The average Bonchev–Trinajstić information content (AvgIpc) is 2.92. The summed E-state index contributed by atoms with van der Waals surface area (Å²) in [5.41, 5.74) is 1.86. The van der Waals surface area contributed by atoms with Crippen molar-refractivity contribution in [1.29, 1.82) is 0 Å². The third kappa shape index (κ3) is 3.64. The average molecular weight is 349 g/mol. The van der Waals surface area contributed by atoms with Crippen molar-refractivity contribution >= 4 is 27.1 Å². The largest absolute Gasteiger partial charge is 0.347 e. The lowest BCUT2D eigenvalue weighted by Gasteiger charge is -2.27. The number of rotatable bonds is 5. The van der Waals surface area contributed by atoms with Crippen LogP contribution in [0.4, 0.5) is 0 Å². The maximum absolute atomic E-state index is 12.5. The highest BCUT2D eigenvalue weighted by atomic mass is 32.2. The van der Waals surface area contributed by atoms with E-state index in [2.05, 4.69) is 5.32 Å². The lowest BCUT2D eigenvalue weighted by molar-refractivity contribution is 0.0949. The van der Waals surface area contributed by atoms with Gasteiger partial charge in [-0.3, -0.25) is 4.79 Å². The van der Waals surface area contributed by atoms with Gasteiger partial charge in [0.05, 0.1) is 6.54 Å². The molecule has 2 aromatic rings. The van der Waals surface area contributed by atoms with Gasteiger partial charge in [0, 0.05) is 16.7 Å². The van der Waals surface area contributed by atoms with Crippen molar-refractivity contribution in [3.8, 4) is 0 Å². The molecule has 23 heavy (non-hydrogen) atoms. The van der Waals surface area contributed by atoms with E-state index in [-0.39, 0.29) is 5.91 Å². The summed E-state index contributed by atoms with van der Waals surface area (Å²) in [4.78, 5) is 13.3. The molecular weight excluding hydrogens is 330 g/mol. The van der Waals surface area contributed by atoms with Crippen molar-refractivity contribution in [3.63, 3.8) is 0 Å². The molecule has 3 rings (SSSR count). The van der Waals surface area contributed by atoms with Crippen LogP contribution in [0.1, 0.15) is 46.0 Å². The fraction of sp³-hybridized carbons (Fsp3) is 0.353. The van der Waals surface area contributed by atoms with E-state index in [1.807, 2.05) is 24.3 Å². The summed E-state index contributed by atoms with van der Waals surface area (Å²) in [6.45, 7) is 0.345. The SMILES string of the molecule is CS(=O)(=O)c1ccc(CNC(=O)c2ccccc2C2CCC2)s1. The van der Waals surface area contributed by atoms with Gasteiger partial charge in [0.25, 0.3) is 5.91 Å². The number of benzene rings is 1. The molecule has 6 heteroatoms. The van der Waals surface area contributed by atoms with Gasteiger partial charge in [0.15, 0.2) is 9.84 Å². The van der Waals surface area contributed by atoms with Gasteiger partial charge in [-0.25, -0.2) is 8.42 Å². The Hall–Kier alpha value is -1.66. The molecule has 1 N–H and O–H groups in total. The fourth-order valence-corrected chi connectivity index (χ4v) is 4.61. The Kier molecular flexibility index (Phi) is 4.55. The summed E-state index contributed by atoms with van der Waals surface area (Å²) in [5, 5.41) is 2.90. The lowest BCUT2D eigenvalue weighted by atomic mass is 9.78. The second kappa shape index (κ2) is 6.45. The molecule has 1 fully saturated rings. The quantitative estimate of drug-likeness (QED) is 0.900. The van der Waals surface area contributed by atoms with Crippen molar-refractivity contribution < 1.29 is 13.2 Å². The Balaban J connectivity index is 1.69. The number of sulfone groups is 1. The highest BCUT2D eigenvalue weighted by Gasteiger charge is 2.24. The number of carbonyl (C=O) groups excluding carboxylic acids is 1. The van der Waals surface area contributed by atoms with E-state index >= 15 is 0 Å². The lowest BCUT2D eigenvalue weighted by Crippen LogP contribution is -2.25. The van der Waals surface area contributed by atoms with Gasteiger partial charge in [-0.05, 0) is 42.5 Å². The summed E-state index contributed by atoms with van der Waals surface area (Å²) in [7, 11) is -3.18. The number of nitrogens with one attached hydrogen (secondary N) is 1. The number of hydrogen-bond donors (Lipinski definition) is 1. The molecule has 1 amide bonds. The second-order valence-electron chi connectivity index (χ2n) is 5.89. The Bertz CT molecular complexity index is 820. The van der Waals surface area contributed by atoms with Crippen LogP contribution in [0.2, 0.25) is 0 Å². The molecule has 0 atom stereocenters. The highest BCUT2D eigenvalue weighted by Crippen LogP contribution is 2.37. The molecule has 0 bridgehead atoms. The summed E-state index contributed by atoms with van der Waals surface area (Å²) < 4.78 is 23.3. The number of hydrogen-bond acceptors (Lipinski definition) is 4. The Morgan fingerprint density at radius 3 is 2.57 bits per heavy atom. The van der Waals surface area contributed by atoms with Crippen LogP contribution in [0.3, 0.4) is 0 Å². The molecular formula is C17H19NO3S2. The molecule has 0 radical (unpaired) electrons. The van der Waals surface area contributed by atoms with E-state index in [0.29, 0.717) is 16.7 Å². The van der Waals surface area contributed by atoms with Crippen molar-refractivity contribution in [2.45, 2.75) is 35.9 Å². The summed E-state index contributed by atoms with van der Waals surface area (Å²) >= 11 is 1.20. The first-order chi connectivity index (χ1) is 10.9. The smallest absolute Gasteiger partial charge is 0.251 e. The molecule has 1 aromatic heterocycles. The molecule has 1 aliphatic rings. The molecule has 1 saturated carbocycles. The summed E-state index contributed by atoms with van der Waals surface area (Å²) in [6.07, 6.45) is 4.71. The van der Waals surface area contributed by atoms with Crippen LogP contribution in [0.25, 0.3) is 0 Å². The van der Waals surface area contributed by atoms with Crippen LogP contribution in [0.15, 0.2) is 40.6 Å². The van der Waals surface area contributed by atoms with E-state index in [1.165, 1.54) is 24.0 Å². The Labute approximate surface area is 140 Å². The van der Waals surface area contributed by atoms with Gasteiger partial charge < -0.3 is 5.32 Å². The van der Waals surface area contributed by atoms with E-state index < -0.39 is 9.84 Å². The number of thiophene rings is 1. The molecule has 0 unspecified atom stereocenters. The van der Waals surface area contributed by atoms with Gasteiger partial charge in [-0.2, -0.15) is 0 Å². The van der Waals surface area contributed by atoms with Crippen LogP contribution < -0.4 is 5.32 Å². The van der Waals surface area contributed by atoms with E-state index in [9.17, 15) is 13.2 Å². The van der Waals surface area contributed by atoms with E-state index in [1.54, 1.807) is 12.1 Å². The second-order valence-corrected chi connectivity index (χ2v) is 9.30. The van der Waals surface area contributed by atoms with Crippen LogP contribution >= 0.6 is 11.3 Å². The van der Waals surface area contributed by atoms with Crippen LogP contribution in [-0.4, -0.2) is 20.6 Å². The molecule has 0 aliphatic heterocycles. The Morgan fingerprint density at radius 2 is 1.96 bits per heavy atom. The monoisotopic (exact) mass is 349 g/mol. The minimum Gasteiger partial charge on any atom is -0.347 e. The van der Waals surface area contributed by atoms with Crippen molar-refractivity contribution in [3.05, 3.63) is 52.4 Å². The van der Waals surface area contributed by atoms with Crippen molar-refractivity contribution in [1.82, 2.24) is 5.32 Å². The molecule has 4 nitrogen and oxygen atoms in total. The van der Waals surface area contributed by atoms with Gasteiger partial charge in [-0.15, -0.1) is 11.3 Å². The minimum atomic E-state index is -3.18. The maximum Gasteiger partial charge on any atom is 0.251 e. The molecule has 0 spiro atoms. The first kappa shape index (κ1) is 16.2. The Morgan fingerprint density at radius 1 is 1.22 bits per heavy atom. The molecule has 0 saturated heterocycles. The van der Waals surface area contributed by atoms with Crippen LogP contribution in [0.5, 0.6) is 0 Å². The predicted octanol–water partition coefficient (Wildman–Crippen LogP) is 3.35. The molecule has 1 aromatic carbocycles. The first-order valence-corrected chi connectivity index (χ1v) is 10.3. The standard InChI is InChI=1S/C17H19NO3S2/c1-23(20,21)16-10-9-13(22-16)11-18-17(19)15-8-3-2-7-14(15)12-5-4-6-12/h2-3,7-10,12H,4-6,11H2,1H3,(H,18,19). The summed E-state index contributed by atoms with van der Waals surface area (Å²) in [5.74, 6) is 0.400. The van der Waals surface area contributed by atoms with Gasteiger partial charge in [-0.1, -0.05) is 24.6 Å². The number of amides is 1. The minimum absolute atomic E-state index is 0.0956. The van der Waals surface area contributed by atoms with Gasteiger partial charge >= 0.3 is 0 Å². The normalized spacial score (nSPS) is 15.2. The van der Waals surface area contributed by atoms with Crippen LogP contribution in [0, 0.1) is 0 Å². The molecule has 1 aliphatic carbocycles. The molecule has 1 heterocycles. The van der Waals surface area contributed by atoms with Crippen molar-refractivity contribution in [2.75, 3.05) is 6.26 Å². The van der Waals surface area contributed by atoms with Crippen molar-refractivity contribution in [2.24, 2.45) is 0 Å². The van der Waals surface area contributed by atoms with Gasteiger partial charge in [0.1, 0.15) is 4.21 Å². The number of carbonyl (C=O) groups is 1. The zero-order chi connectivity index (χ0) is 16.4. The highest BCUT2D eigenvalue weighted by molar-refractivity contribution is 7.92. The maximum atomic E-state index is 12.5. The molecule has 122 valence electrons. The summed E-state index contributed by atoms with van der Waals surface area (Å²) in [6, 6.07) is 11.1. The van der Waals surface area contributed by atoms with E-state index in [0.717, 1.165) is 28.8 Å². The zero-order valence-corrected chi connectivity index (χ0v) is 14.5. The first-order valence-electron chi connectivity index (χ1n) is 7.61. The van der Waals surface area contributed by atoms with Crippen LogP contribution in [-0.2, 0) is 16.4 Å². The zero-order valence-electron chi connectivity index (χ0n) is 12.9. The predicted molar refractivity (Wildman–Crippen MR) is 91.6 cm³/mol. The van der Waals surface area contributed by atoms with Gasteiger partial charge in [0.2, 0.25) is 0 Å².